The average molecular weight is 294 g/mol. The summed E-state index contributed by atoms with van der Waals surface area (Å²) in [6.07, 6.45) is 8.91. The van der Waals surface area contributed by atoms with Crippen LogP contribution in [0, 0.1) is 23.2 Å². The maximum absolute atomic E-state index is 9.96. The highest BCUT2D eigenvalue weighted by molar-refractivity contribution is 5.10. The Labute approximate surface area is 128 Å². The molecule has 2 aliphatic carbocycles. The van der Waals surface area contributed by atoms with E-state index in [0.29, 0.717) is 42.2 Å². The van der Waals surface area contributed by atoms with E-state index in [1.807, 2.05) is 0 Å². The Morgan fingerprint density at radius 2 is 1.95 bits per heavy atom. The second-order valence-electron chi connectivity index (χ2n) is 8.70. The third-order valence-electron chi connectivity index (χ3n) is 7.24. The molecule has 0 spiro atoms. The van der Waals surface area contributed by atoms with Crippen molar-refractivity contribution in [1.82, 2.24) is 0 Å². The zero-order valence-corrected chi connectivity index (χ0v) is 13.7. The second-order valence-corrected chi connectivity index (χ2v) is 8.70. The number of ether oxygens (including phenoxy) is 2. The predicted octanol–water partition coefficient (Wildman–Crippen LogP) is 3.15. The molecule has 0 aromatic rings. The highest BCUT2D eigenvalue weighted by Crippen LogP contribution is 2.62. The van der Waals surface area contributed by atoms with Gasteiger partial charge in [0.25, 0.3) is 0 Å². The number of aliphatic hydroxyl groups is 1. The second kappa shape index (κ2) is 4.69. The van der Waals surface area contributed by atoms with Gasteiger partial charge in [-0.2, -0.15) is 0 Å². The van der Waals surface area contributed by atoms with Crippen LogP contribution in [0.4, 0.5) is 0 Å². The number of fused-ring (bicyclic) bond motifs is 3. The van der Waals surface area contributed by atoms with Gasteiger partial charge in [0.15, 0.2) is 0 Å². The Morgan fingerprint density at radius 3 is 2.62 bits per heavy atom. The van der Waals surface area contributed by atoms with Gasteiger partial charge in [0, 0.05) is 6.61 Å². The largest absolute Gasteiger partial charge is 0.396 e. The molecule has 0 amide bonds. The van der Waals surface area contributed by atoms with E-state index in [9.17, 15) is 5.11 Å². The molecule has 1 N–H and O–H groups in total. The van der Waals surface area contributed by atoms with E-state index in [2.05, 4.69) is 20.8 Å². The van der Waals surface area contributed by atoms with Crippen molar-refractivity contribution in [2.45, 2.75) is 83.2 Å². The van der Waals surface area contributed by atoms with Crippen molar-refractivity contribution >= 4 is 0 Å². The first-order chi connectivity index (χ1) is 9.95. The fourth-order valence-corrected chi connectivity index (χ4v) is 5.70. The van der Waals surface area contributed by atoms with Crippen molar-refractivity contribution < 1.29 is 14.6 Å². The summed E-state index contributed by atoms with van der Waals surface area (Å²) in [5.41, 5.74) is 0.493. The lowest BCUT2D eigenvalue weighted by atomic mass is 9.62. The van der Waals surface area contributed by atoms with E-state index in [0.717, 1.165) is 18.8 Å². The van der Waals surface area contributed by atoms with E-state index in [-0.39, 0.29) is 5.60 Å². The Bertz CT molecular complexity index is 421. The maximum Gasteiger partial charge on any atom is 0.0892 e. The summed E-state index contributed by atoms with van der Waals surface area (Å²) in [5.74, 6) is 1.89. The summed E-state index contributed by atoms with van der Waals surface area (Å²) in [6, 6.07) is 0. The highest BCUT2D eigenvalue weighted by Gasteiger charge is 2.61. The molecule has 3 heteroatoms. The van der Waals surface area contributed by atoms with E-state index < -0.39 is 0 Å². The number of epoxide rings is 2. The average Bonchev–Trinajstić information content (AvgIpc) is 3.30. The number of aliphatic hydroxyl groups excluding tert-OH is 1. The summed E-state index contributed by atoms with van der Waals surface area (Å²) in [5, 5.41) is 9.96. The molecule has 3 unspecified atom stereocenters. The SMILES string of the molecule is CC1(C)OC1CC[C@@H](CO)[C@H]1CC[C@H]2C3OC3CC[C@]12C. The molecule has 0 aromatic heterocycles. The van der Waals surface area contributed by atoms with E-state index in [4.69, 9.17) is 9.47 Å². The molecule has 4 aliphatic rings. The first-order valence-corrected chi connectivity index (χ1v) is 8.90. The van der Waals surface area contributed by atoms with Gasteiger partial charge in [-0.25, -0.2) is 0 Å². The molecule has 0 aromatic carbocycles. The lowest BCUT2D eigenvalue weighted by molar-refractivity contribution is 0.0433. The molecular formula is C18H30O3. The van der Waals surface area contributed by atoms with Crippen LogP contribution < -0.4 is 0 Å². The van der Waals surface area contributed by atoms with Crippen LogP contribution in [0.2, 0.25) is 0 Å². The van der Waals surface area contributed by atoms with Crippen molar-refractivity contribution in [3.8, 4) is 0 Å². The summed E-state index contributed by atoms with van der Waals surface area (Å²) < 4.78 is 11.6. The standard InChI is InChI=1S/C18H30O3/c1-17(2)15(21-17)7-4-11(10-19)12-5-6-13-16-14(20-16)8-9-18(12,13)3/h11-16,19H,4-10H2,1-3H3/t11-,12+,13-,14?,15?,16?,18+/m0/s1. The van der Waals surface area contributed by atoms with Crippen LogP contribution in [0.3, 0.4) is 0 Å². The molecule has 2 heterocycles. The van der Waals surface area contributed by atoms with Crippen molar-refractivity contribution in [3.63, 3.8) is 0 Å². The zero-order chi connectivity index (χ0) is 14.8. The number of rotatable bonds is 5. The molecule has 7 atom stereocenters. The summed E-state index contributed by atoms with van der Waals surface area (Å²) in [7, 11) is 0. The summed E-state index contributed by atoms with van der Waals surface area (Å²) in [6.45, 7) is 7.16. The molecule has 0 radical (unpaired) electrons. The maximum atomic E-state index is 9.96. The van der Waals surface area contributed by atoms with Crippen LogP contribution in [-0.2, 0) is 9.47 Å². The Balaban J connectivity index is 1.41. The van der Waals surface area contributed by atoms with Crippen LogP contribution >= 0.6 is 0 Å². The summed E-state index contributed by atoms with van der Waals surface area (Å²) in [4.78, 5) is 0. The first kappa shape index (κ1) is 14.5. The van der Waals surface area contributed by atoms with Crippen molar-refractivity contribution in [3.05, 3.63) is 0 Å². The molecule has 2 saturated carbocycles. The van der Waals surface area contributed by atoms with Gasteiger partial charge in [0.2, 0.25) is 0 Å². The van der Waals surface area contributed by atoms with Gasteiger partial charge in [-0.05, 0) is 75.5 Å². The molecule has 21 heavy (non-hydrogen) atoms. The molecule has 120 valence electrons. The monoisotopic (exact) mass is 294 g/mol. The fraction of sp³-hybridized carbons (Fsp3) is 1.00. The summed E-state index contributed by atoms with van der Waals surface area (Å²) >= 11 is 0. The van der Waals surface area contributed by atoms with Gasteiger partial charge in [0.1, 0.15) is 0 Å². The predicted molar refractivity (Wildman–Crippen MR) is 81.0 cm³/mol. The fourth-order valence-electron chi connectivity index (χ4n) is 5.70. The number of hydrogen-bond acceptors (Lipinski definition) is 3. The minimum atomic E-state index is 0.0853. The van der Waals surface area contributed by atoms with Crippen LogP contribution in [0.25, 0.3) is 0 Å². The van der Waals surface area contributed by atoms with E-state index >= 15 is 0 Å². The van der Waals surface area contributed by atoms with Gasteiger partial charge in [-0.1, -0.05) is 6.92 Å². The Kier molecular flexibility index (Phi) is 3.23. The van der Waals surface area contributed by atoms with Crippen LogP contribution in [0.5, 0.6) is 0 Å². The molecule has 2 aliphatic heterocycles. The van der Waals surface area contributed by atoms with Crippen LogP contribution in [0.1, 0.15) is 59.3 Å². The van der Waals surface area contributed by atoms with E-state index in [1.165, 1.54) is 25.7 Å². The third kappa shape index (κ3) is 2.27. The van der Waals surface area contributed by atoms with Crippen molar-refractivity contribution in [2.75, 3.05) is 6.61 Å². The highest BCUT2D eigenvalue weighted by atomic mass is 16.6. The lowest BCUT2D eigenvalue weighted by Crippen LogP contribution is -2.39. The molecule has 0 bridgehead atoms. The Hall–Kier alpha value is -0.120. The van der Waals surface area contributed by atoms with Gasteiger partial charge in [0.05, 0.1) is 23.9 Å². The zero-order valence-electron chi connectivity index (χ0n) is 13.7. The van der Waals surface area contributed by atoms with Gasteiger partial charge >= 0.3 is 0 Å². The normalized spacial score (nSPS) is 51.1. The minimum Gasteiger partial charge on any atom is -0.396 e. The first-order valence-electron chi connectivity index (χ1n) is 8.90. The van der Waals surface area contributed by atoms with Crippen LogP contribution in [0.15, 0.2) is 0 Å². The number of hydrogen-bond donors (Lipinski definition) is 1. The topological polar surface area (TPSA) is 45.3 Å². The van der Waals surface area contributed by atoms with E-state index in [1.54, 1.807) is 0 Å². The third-order valence-corrected chi connectivity index (χ3v) is 7.24. The van der Waals surface area contributed by atoms with Crippen molar-refractivity contribution in [1.29, 1.82) is 0 Å². The Morgan fingerprint density at radius 1 is 1.19 bits per heavy atom. The smallest absolute Gasteiger partial charge is 0.0892 e. The van der Waals surface area contributed by atoms with Gasteiger partial charge < -0.3 is 14.6 Å². The minimum absolute atomic E-state index is 0.0853. The van der Waals surface area contributed by atoms with Crippen LogP contribution in [-0.4, -0.2) is 35.6 Å². The quantitative estimate of drug-likeness (QED) is 0.792. The van der Waals surface area contributed by atoms with Gasteiger partial charge in [-0.15, -0.1) is 0 Å². The molecule has 4 rings (SSSR count). The molecule has 2 saturated heterocycles. The lowest BCUT2D eigenvalue weighted by Gasteiger charge is -2.42. The molecule has 4 fully saturated rings. The van der Waals surface area contributed by atoms with Gasteiger partial charge in [-0.3, -0.25) is 0 Å². The van der Waals surface area contributed by atoms with Crippen molar-refractivity contribution in [2.24, 2.45) is 23.2 Å². The molecule has 3 nitrogen and oxygen atoms in total. The molecular weight excluding hydrogens is 264 g/mol.